The third kappa shape index (κ3) is 7.00. The molecule has 4 N–H and O–H groups in total. The lowest BCUT2D eigenvalue weighted by Gasteiger charge is -2.28. The van der Waals surface area contributed by atoms with Crippen LogP contribution in [0.2, 0.25) is 0 Å². The van der Waals surface area contributed by atoms with Crippen LogP contribution in [0.15, 0.2) is 90.0 Å². The molecular formula is C29H34N4O4S. The number of sulfonamides is 1. The van der Waals surface area contributed by atoms with E-state index in [4.69, 9.17) is 0 Å². The molecule has 0 radical (unpaired) electrons. The number of carbonyl (C=O) groups is 1. The summed E-state index contributed by atoms with van der Waals surface area (Å²) >= 11 is 0. The molecule has 0 saturated carbocycles. The van der Waals surface area contributed by atoms with Crippen molar-refractivity contribution in [3.8, 4) is 0 Å². The number of aromatic nitrogens is 1. The zero-order valence-electron chi connectivity index (χ0n) is 21.8. The lowest BCUT2D eigenvalue weighted by atomic mass is 9.99. The Kier molecular flexibility index (Phi) is 8.20. The Morgan fingerprint density at radius 2 is 1.74 bits per heavy atom. The van der Waals surface area contributed by atoms with Gasteiger partial charge in [0.2, 0.25) is 5.91 Å². The second-order valence-electron chi connectivity index (χ2n) is 10.0. The molecule has 1 amide bonds. The Morgan fingerprint density at radius 1 is 0.974 bits per heavy atom. The molecule has 0 aliphatic heterocycles. The number of fused-ring (bicyclic) bond motifs is 1. The van der Waals surface area contributed by atoms with E-state index in [1.165, 1.54) is 19.1 Å². The Bertz CT molecular complexity index is 1510. The summed E-state index contributed by atoms with van der Waals surface area (Å²) in [4.78, 5) is 11.5. The summed E-state index contributed by atoms with van der Waals surface area (Å²) in [5, 5.41) is 18.1. The van der Waals surface area contributed by atoms with Crippen molar-refractivity contribution in [2.24, 2.45) is 0 Å². The number of benzene rings is 3. The summed E-state index contributed by atoms with van der Waals surface area (Å²) in [5.41, 5.74) is 2.61. The molecule has 4 aromatic rings. The zero-order valence-corrected chi connectivity index (χ0v) is 22.6. The second kappa shape index (κ2) is 11.4. The average molecular weight is 535 g/mol. The number of β-amino-alcohol motifs (C(OH)–C–C–N with tert-alkyl or cyclic N) is 1. The first-order valence-corrected chi connectivity index (χ1v) is 14.0. The third-order valence-electron chi connectivity index (χ3n) is 6.42. The monoisotopic (exact) mass is 534 g/mol. The minimum absolute atomic E-state index is 0.0981. The fourth-order valence-corrected chi connectivity index (χ4v) is 5.35. The number of nitrogens with zero attached hydrogens (tertiary/aromatic N) is 1. The van der Waals surface area contributed by atoms with Crippen LogP contribution >= 0.6 is 0 Å². The number of anilines is 2. The van der Waals surface area contributed by atoms with Gasteiger partial charge in [-0.25, -0.2) is 8.42 Å². The molecule has 0 aliphatic rings. The Labute approximate surface area is 223 Å². The van der Waals surface area contributed by atoms with E-state index in [2.05, 4.69) is 33.8 Å². The molecule has 0 saturated heterocycles. The van der Waals surface area contributed by atoms with Gasteiger partial charge in [-0.05, 0) is 74.4 Å². The molecule has 3 aromatic carbocycles. The zero-order chi connectivity index (χ0) is 27.3. The molecule has 0 unspecified atom stereocenters. The standard InChI is InChI=1S/C29H34N4O4S/c1-21(34)31-24-12-13-27-22(18-24)14-16-33(27)17-15-29(2,3)30-20-28(35)23-8-7-9-25(19-23)32-38(36,37)26-10-5-4-6-11-26/h4-14,16,18-19,28,30,32,35H,15,17,20H2,1-3H3,(H,31,34)/t28-/m0/s1. The van der Waals surface area contributed by atoms with Gasteiger partial charge in [0.05, 0.1) is 11.0 Å². The first-order chi connectivity index (χ1) is 18.0. The number of hydrogen-bond acceptors (Lipinski definition) is 5. The summed E-state index contributed by atoms with van der Waals surface area (Å²) in [6, 6.07) is 22.9. The van der Waals surface area contributed by atoms with Gasteiger partial charge in [0, 0.05) is 54.0 Å². The summed E-state index contributed by atoms with van der Waals surface area (Å²) in [6.07, 6.45) is 2.04. The molecule has 8 nitrogen and oxygen atoms in total. The fourth-order valence-electron chi connectivity index (χ4n) is 4.28. The second-order valence-corrected chi connectivity index (χ2v) is 11.7. The van der Waals surface area contributed by atoms with E-state index in [0.29, 0.717) is 17.8 Å². The number of aliphatic hydroxyl groups excluding tert-OH is 1. The van der Waals surface area contributed by atoms with Crippen LogP contribution in [0.25, 0.3) is 10.9 Å². The van der Waals surface area contributed by atoms with Crippen molar-refractivity contribution in [3.63, 3.8) is 0 Å². The highest BCUT2D eigenvalue weighted by molar-refractivity contribution is 7.92. The maximum absolute atomic E-state index is 12.6. The summed E-state index contributed by atoms with van der Waals surface area (Å²) < 4.78 is 30.0. The van der Waals surface area contributed by atoms with Crippen LogP contribution in [0.5, 0.6) is 0 Å². The lowest BCUT2D eigenvalue weighted by molar-refractivity contribution is -0.114. The van der Waals surface area contributed by atoms with E-state index >= 15 is 0 Å². The van der Waals surface area contributed by atoms with Gasteiger partial charge in [-0.1, -0.05) is 30.3 Å². The number of aliphatic hydroxyl groups is 1. The molecule has 0 bridgehead atoms. The molecule has 4 rings (SSSR count). The van der Waals surface area contributed by atoms with Gasteiger partial charge in [0.15, 0.2) is 0 Å². The van der Waals surface area contributed by atoms with Crippen molar-refractivity contribution in [1.29, 1.82) is 0 Å². The number of carbonyl (C=O) groups excluding carboxylic acids is 1. The number of rotatable bonds is 11. The van der Waals surface area contributed by atoms with Crippen LogP contribution in [0.3, 0.4) is 0 Å². The van der Waals surface area contributed by atoms with Crippen molar-refractivity contribution in [3.05, 3.63) is 90.6 Å². The summed E-state index contributed by atoms with van der Waals surface area (Å²) in [7, 11) is -3.71. The van der Waals surface area contributed by atoms with E-state index in [0.717, 1.165) is 29.6 Å². The van der Waals surface area contributed by atoms with Gasteiger partial charge in [-0.15, -0.1) is 0 Å². The maximum Gasteiger partial charge on any atom is 0.261 e. The van der Waals surface area contributed by atoms with Crippen molar-refractivity contribution >= 4 is 38.2 Å². The number of amides is 1. The van der Waals surface area contributed by atoms with Crippen molar-refractivity contribution in [2.45, 2.75) is 50.3 Å². The van der Waals surface area contributed by atoms with Crippen LogP contribution in [0, 0.1) is 0 Å². The van der Waals surface area contributed by atoms with E-state index in [-0.39, 0.29) is 16.3 Å². The number of hydrogen-bond donors (Lipinski definition) is 4. The van der Waals surface area contributed by atoms with Crippen LogP contribution in [-0.4, -0.2) is 36.1 Å². The quantitative estimate of drug-likeness (QED) is 0.219. The van der Waals surface area contributed by atoms with Crippen molar-refractivity contribution in [1.82, 2.24) is 9.88 Å². The molecule has 9 heteroatoms. The Hall–Kier alpha value is -3.66. The fraction of sp³-hybridized carbons (Fsp3) is 0.276. The molecule has 38 heavy (non-hydrogen) atoms. The van der Waals surface area contributed by atoms with Gasteiger partial charge in [-0.3, -0.25) is 9.52 Å². The highest BCUT2D eigenvalue weighted by Crippen LogP contribution is 2.24. The van der Waals surface area contributed by atoms with Crippen LogP contribution in [0.1, 0.15) is 38.9 Å². The highest BCUT2D eigenvalue weighted by Gasteiger charge is 2.20. The molecule has 0 spiro atoms. The summed E-state index contributed by atoms with van der Waals surface area (Å²) in [5.74, 6) is -0.0981. The van der Waals surface area contributed by atoms with Crippen molar-refractivity contribution < 1.29 is 18.3 Å². The molecule has 0 fully saturated rings. The average Bonchev–Trinajstić information content (AvgIpc) is 3.28. The predicted octanol–water partition coefficient (Wildman–Crippen LogP) is 4.89. The minimum atomic E-state index is -3.71. The van der Waals surface area contributed by atoms with Crippen LogP contribution in [0.4, 0.5) is 11.4 Å². The predicted molar refractivity (Wildman–Crippen MR) is 152 cm³/mol. The molecule has 1 aromatic heterocycles. The van der Waals surface area contributed by atoms with Gasteiger partial charge in [0.1, 0.15) is 0 Å². The molecule has 1 atom stereocenters. The smallest absolute Gasteiger partial charge is 0.261 e. The largest absolute Gasteiger partial charge is 0.387 e. The molecule has 200 valence electrons. The van der Waals surface area contributed by atoms with E-state index in [1.54, 1.807) is 42.5 Å². The normalized spacial score (nSPS) is 12.8. The Morgan fingerprint density at radius 3 is 2.47 bits per heavy atom. The number of nitrogens with one attached hydrogen (secondary N) is 3. The Balaban J connectivity index is 1.34. The van der Waals surface area contributed by atoms with E-state index in [9.17, 15) is 18.3 Å². The van der Waals surface area contributed by atoms with Crippen LogP contribution in [-0.2, 0) is 21.4 Å². The number of aryl methyl sites for hydroxylation is 1. The van der Waals surface area contributed by atoms with Gasteiger partial charge in [0.25, 0.3) is 10.0 Å². The van der Waals surface area contributed by atoms with Gasteiger partial charge >= 0.3 is 0 Å². The maximum atomic E-state index is 12.6. The molecular weight excluding hydrogens is 500 g/mol. The first kappa shape index (κ1) is 27.4. The summed E-state index contributed by atoms with van der Waals surface area (Å²) in [6.45, 7) is 6.76. The minimum Gasteiger partial charge on any atom is -0.387 e. The molecule has 1 heterocycles. The van der Waals surface area contributed by atoms with E-state index < -0.39 is 16.1 Å². The SMILES string of the molecule is CC(=O)Nc1ccc2c(ccn2CCC(C)(C)NC[C@H](O)c2cccc(NS(=O)(=O)c3ccccc3)c2)c1. The first-order valence-electron chi connectivity index (χ1n) is 12.5. The lowest BCUT2D eigenvalue weighted by Crippen LogP contribution is -2.42. The van der Waals surface area contributed by atoms with Crippen LogP contribution < -0.4 is 15.4 Å². The van der Waals surface area contributed by atoms with Crippen molar-refractivity contribution in [2.75, 3.05) is 16.6 Å². The van der Waals surface area contributed by atoms with Gasteiger partial charge in [-0.2, -0.15) is 0 Å². The topological polar surface area (TPSA) is 112 Å². The molecule has 0 aliphatic carbocycles. The van der Waals surface area contributed by atoms with Gasteiger partial charge < -0.3 is 20.3 Å². The van der Waals surface area contributed by atoms with E-state index in [1.807, 2.05) is 30.5 Å². The highest BCUT2D eigenvalue weighted by atomic mass is 32.2. The third-order valence-corrected chi connectivity index (χ3v) is 7.82.